The van der Waals surface area contributed by atoms with E-state index in [-0.39, 0.29) is 18.1 Å². The van der Waals surface area contributed by atoms with Crippen molar-refractivity contribution in [2.24, 2.45) is 5.16 Å². The number of hydrogen-bond donors (Lipinski definition) is 0. The third-order valence-corrected chi connectivity index (χ3v) is 2.95. The number of nitro benzene ring substituents is 1. The Bertz CT molecular complexity index is 708. The Labute approximate surface area is 127 Å². The zero-order chi connectivity index (χ0) is 15.9. The van der Waals surface area contributed by atoms with Crippen LogP contribution in [0, 0.1) is 10.1 Å². The van der Waals surface area contributed by atoms with Crippen LogP contribution in [-0.4, -0.2) is 16.9 Å². The second kappa shape index (κ2) is 7.12. The molecule has 2 aromatic rings. The molecule has 0 spiro atoms. The summed E-state index contributed by atoms with van der Waals surface area (Å²) in [6.07, 6.45) is 1.41. The minimum Gasteiger partial charge on any atom is -0.391 e. The summed E-state index contributed by atoms with van der Waals surface area (Å²) in [5.41, 5.74) is 2.11. The van der Waals surface area contributed by atoms with Crippen LogP contribution in [0.2, 0.25) is 0 Å². The molecule has 22 heavy (non-hydrogen) atoms. The summed E-state index contributed by atoms with van der Waals surface area (Å²) >= 11 is 0. The van der Waals surface area contributed by atoms with Crippen LogP contribution in [0.25, 0.3) is 0 Å². The van der Waals surface area contributed by atoms with Crippen LogP contribution in [0.3, 0.4) is 0 Å². The minimum absolute atomic E-state index is 0.00349. The number of carbonyl (C=O) groups is 1. The lowest BCUT2D eigenvalue weighted by molar-refractivity contribution is -0.384. The summed E-state index contributed by atoms with van der Waals surface area (Å²) in [6.45, 7) is 1.76. The second-order valence-electron chi connectivity index (χ2n) is 4.61. The van der Waals surface area contributed by atoms with Crippen molar-refractivity contribution in [3.8, 4) is 0 Å². The Morgan fingerprint density at radius 2 is 2.00 bits per heavy atom. The highest BCUT2D eigenvalue weighted by atomic mass is 16.6. The fourth-order valence-electron chi connectivity index (χ4n) is 1.76. The van der Waals surface area contributed by atoms with E-state index in [4.69, 9.17) is 4.84 Å². The molecule has 0 atom stereocenters. The van der Waals surface area contributed by atoms with E-state index in [1.165, 1.54) is 25.3 Å². The maximum atomic E-state index is 11.1. The molecule has 2 aromatic carbocycles. The molecule has 0 amide bonds. The Morgan fingerprint density at radius 1 is 1.27 bits per heavy atom. The van der Waals surface area contributed by atoms with E-state index in [0.29, 0.717) is 11.1 Å². The van der Waals surface area contributed by atoms with E-state index in [1.807, 2.05) is 0 Å². The zero-order valence-electron chi connectivity index (χ0n) is 11.9. The number of rotatable bonds is 6. The standard InChI is InChI=1S/C16H14N2O4/c1-12(19)15-7-5-13(6-8-15)11-22-17-10-14-3-2-4-16(9-14)18(20)21/h2-10H,11H2,1H3/b17-10+. The van der Waals surface area contributed by atoms with E-state index >= 15 is 0 Å². The fraction of sp³-hybridized carbons (Fsp3) is 0.125. The molecule has 0 saturated carbocycles. The molecule has 0 N–H and O–H groups in total. The molecule has 0 aliphatic carbocycles. The molecule has 0 saturated heterocycles. The van der Waals surface area contributed by atoms with Gasteiger partial charge in [0.25, 0.3) is 5.69 Å². The van der Waals surface area contributed by atoms with E-state index in [2.05, 4.69) is 5.16 Å². The molecule has 0 aliphatic heterocycles. The van der Waals surface area contributed by atoms with Gasteiger partial charge in [0.15, 0.2) is 5.78 Å². The van der Waals surface area contributed by atoms with Crippen LogP contribution < -0.4 is 0 Å². The van der Waals surface area contributed by atoms with Crippen molar-refractivity contribution >= 4 is 17.7 Å². The van der Waals surface area contributed by atoms with Crippen molar-refractivity contribution in [3.63, 3.8) is 0 Å². The van der Waals surface area contributed by atoms with Crippen LogP contribution in [-0.2, 0) is 11.4 Å². The number of carbonyl (C=O) groups excluding carboxylic acids is 1. The number of oxime groups is 1. The highest BCUT2D eigenvalue weighted by Gasteiger charge is 2.04. The van der Waals surface area contributed by atoms with E-state index in [0.717, 1.165) is 5.56 Å². The van der Waals surface area contributed by atoms with Crippen molar-refractivity contribution in [2.75, 3.05) is 0 Å². The number of Topliss-reactive ketones (excluding diaryl/α,β-unsaturated/α-hetero) is 1. The number of nitrogens with zero attached hydrogens (tertiary/aromatic N) is 2. The molecule has 0 radical (unpaired) electrons. The highest BCUT2D eigenvalue weighted by molar-refractivity contribution is 5.94. The smallest absolute Gasteiger partial charge is 0.270 e. The molecule has 2 rings (SSSR count). The summed E-state index contributed by atoms with van der Waals surface area (Å²) in [7, 11) is 0. The molecular formula is C16H14N2O4. The fourth-order valence-corrected chi connectivity index (χ4v) is 1.76. The Balaban J connectivity index is 1.91. The molecule has 6 heteroatoms. The maximum absolute atomic E-state index is 11.1. The first-order valence-corrected chi connectivity index (χ1v) is 6.56. The van der Waals surface area contributed by atoms with Gasteiger partial charge in [-0.05, 0) is 12.5 Å². The predicted molar refractivity (Wildman–Crippen MR) is 81.9 cm³/mol. The first-order valence-electron chi connectivity index (χ1n) is 6.56. The summed E-state index contributed by atoms with van der Waals surface area (Å²) in [5.74, 6) is 0.0103. The molecule has 0 unspecified atom stereocenters. The van der Waals surface area contributed by atoms with Crippen LogP contribution in [0.4, 0.5) is 5.69 Å². The average Bonchev–Trinajstić information content (AvgIpc) is 2.52. The highest BCUT2D eigenvalue weighted by Crippen LogP contribution is 2.12. The lowest BCUT2D eigenvalue weighted by Crippen LogP contribution is -1.93. The number of ketones is 1. The summed E-state index contributed by atoms with van der Waals surface area (Å²) in [4.78, 5) is 26.5. The third-order valence-electron chi connectivity index (χ3n) is 2.95. The van der Waals surface area contributed by atoms with Gasteiger partial charge in [-0.1, -0.05) is 41.6 Å². The van der Waals surface area contributed by atoms with Crippen molar-refractivity contribution in [1.82, 2.24) is 0 Å². The van der Waals surface area contributed by atoms with Gasteiger partial charge in [0.05, 0.1) is 11.1 Å². The topological polar surface area (TPSA) is 81.8 Å². The number of nitro groups is 1. The molecule has 0 heterocycles. The number of hydrogen-bond acceptors (Lipinski definition) is 5. The van der Waals surface area contributed by atoms with Gasteiger partial charge in [-0.2, -0.15) is 0 Å². The zero-order valence-corrected chi connectivity index (χ0v) is 11.9. The van der Waals surface area contributed by atoms with E-state index in [9.17, 15) is 14.9 Å². The van der Waals surface area contributed by atoms with E-state index < -0.39 is 4.92 Å². The predicted octanol–water partition coefficient (Wildman–Crippen LogP) is 3.35. The van der Waals surface area contributed by atoms with Gasteiger partial charge >= 0.3 is 0 Å². The monoisotopic (exact) mass is 298 g/mol. The van der Waals surface area contributed by atoms with Crippen molar-refractivity contribution in [3.05, 3.63) is 75.3 Å². The maximum Gasteiger partial charge on any atom is 0.270 e. The van der Waals surface area contributed by atoms with Crippen molar-refractivity contribution in [1.29, 1.82) is 0 Å². The van der Waals surface area contributed by atoms with Crippen LogP contribution in [0.1, 0.15) is 28.4 Å². The van der Waals surface area contributed by atoms with Gasteiger partial charge in [-0.25, -0.2) is 0 Å². The molecule has 0 aromatic heterocycles. The van der Waals surface area contributed by atoms with Gasteiger partial charge in [0, 0.05) is 23.3 Å². The quantitative estimate of drug-likeness (QED) is 0.354. The second-order valence-corrected chi connectivity index (χ2v) is 4.61. The normalized spacial score (nSPS) is 10.6. The summed E-state index contributed by atoms with van der Waals surface area (Å²) in [5, 5.41) is 14.4. The van der Waals surface area contributed by atoms with Crippen LogP contribution >= 0.6 is 0 Å². The molecule has 0 bridgehead atoms. The Kier molecular flexibility index (Phi) is 4.98. The number of benzene rings is 2. The lowest BCUT2D eigenvalue weighted by atomic mass is 10.1. The first-order chi connectivity index (χ1) is 10.6. The van der Waals surface area contributed by atoms with Crippen LogP contribution in [0.15, 0.2) is 53.7 Å². The van der Waals surface area contributed by atoms with E-state index in [1.54, 1.807) is 36.4 Å². The third kappa shape index (κ3) is 4.24. The molecule has 0 fully saturated rings. The molecular weight excluding hydrogens is 284 g/mol. The van der Waals surface area contributed by atoms with Gasteiger partial charge in [0.2, 0.25) is 0 Å². The first kappa shape index (κ1) is 15.4. The Hall–Kier alpha value is -3.02. The van der Waals surface area contributed by atoms with Gasteiger partial charge in [-0.15, -0.1) is 0 Å². The van der Waals surface area contributed by atoms with Crippen molar-refractivity contribution in [2.45, 2.75) is 13.5 Å². The molecule has 112 valence electrons. The van der Waals surface area contributed by atoms with Crippen LogP contribution in [0.5, 0.6) is 0 Å². The summed E-state index contributed by atoms with van der Waals surface area (Å²) in [6, 6.07) is 13.1. The molecule has 0 aliphatic rings. The van der Waals surface area contributed by atoms with Gasteiger partial charge < -0.3 is 4.84 Å². The van der Waals surface area contributed by atoms with Gasteiger partial charge in [-0.3, -0.25) is 14.9 Å². The SMILES string of the molecule is CC(=O)c1ccc(CO/N=C/c2cccc([N+](=O)[O-])c2)cc1. The molecule has 6 nitrogen and oxygen atoms in total. The summed E-state index contributed by atoms with van der Waals surface area (Å²) < 4.78 is 0. The Morgan fingerprint density at radius 3 is 2.64 bits per heavy atom. The van der Waals surface area contributed by atoms with Crippen molar-refractivity contribution < 1.29 is 14.6 Å². The lowest BCUT2D eigenvalue weighted by Gasteiger charge is -2.01. The minimum atomic E-state index is -0.464. The number of non-ortho nitro benzene ring substituents is 1. The average molecular weight is 298 g/mol. The largest absolute Gasteiger partial charge is 0.391 e. The van der Waals surface area contributed by atoms with Gasteiger partial charge in [0.1, 0.15) is 6.61 Å².